The number of nitrogens with one attached hydrogen (secondary N) is 1. The Balaban J connectivity index is 2.06. The minimum absolute atomic E-state index is 0.282. The van der Waals surface area contributed by atoms with Crippen molar-refractivity contribution in [1.29, 1.82) is 0 Å². The minimum atomic E-state index is -0.772. The second kappa shape index (κ2) is 7.43. The lowest BCUT2D eigenvalue weighted by molar-refractivity contribution is -0.146. The molecule has 6 heteroatoms. The van der Waals surface area contributed by atoms with E-state index in [1.165, 1.54) is 7.11 Å². The lowest BCUT2D eigenvalue weighted by Crippen LogP contribution is -2.47. The first-order valence-electron chi connectivity index (χ1n) is 6.85. The second-order valence-electron chi connectivity index (χ2n) is 4.88. The van der Waals surface area contributed by atoms with E-state index in [1.54, 1.807) is 6.07 Å². The van der Waals surface area contributed by atoms with E-state index in [0.717, 1.165) is 12.0 Å². The van der Waals surface area contributed by atoms with Crippen LogP contribution >= 0.6 is 11.6 Å². The summed E-state index contributed by atoms with van der Waals surface area (Å²) < 4.78 is 10.1. The Morgan fingerprint density at radius 3 is 2.86 bits per heavy atom. The van der Waals surface area contributed by atoms with Crippen molar-refractivity contribution in [3.05, 3.63) is 34.9 Å². The van der Waals surface area contributed by atoms with Gasteiger partial charge >= 0.3 is 5.97 Å². The van der Waals surface area contributed by atoms with Gasteiger partial charge in [-0.05, 0) is 24.5 Å². The summed E-state index contributed by atoms with van der Waals surface area (Å²) in [6.07, 6.45) is 1.32. The molecule has 1 amide bonds. The molecular weight excluding hydrogens is 294 g/mol. The van der Waals surface area contributed by atoms with Gasteiger partial charge in [0.25, 0.3) is 0 Å². The lowest BCUT2D eigenvalue weighted by Gasteiger charge is -2.19. The number of ether oxygens (including phenoxy) is 2. The molecule has 0 unspecified atom stereocenters. The van der Waals surface area contributed by atoms with Crippen molar-refractivity contribution in [2.75, 3.05) is 13.7 Å². The van der Waals surface area contributed by atoms with Crippen LogP contribution in [0.3, 0.4) is 0 Å². The first kappa shape index (κ1) is 15.8. The summed E-state index contributed by atoms with van der Waals surface area (Å²) in [4.78, 5) is 23.9. The van der Waals surface area contributed by atoms with Crippen molar-refractivity contribution in [3.8, 4) is 0 Å². The number of carbonyl (C=O) groups is 2. The molecule has 114 valence electrons. The van der Waals surface area contributed by atoms with Crippen LogP contribution in [-0.2, 0) is 25.5 Å². The van der Waals surface area contributed by atoms with E-state index < -0.39 is 18.1 Å². The molecule has 1 aromatic rings. The molecule has 0 bridgehead atoms. The summed E-state index contributed by atoms with van der Waals surface area (Å²) in [6.45, 7) is 0.575. The first-order chi connectivity index (χ1) is 10.1. The zero-order valence-corrected chi connectivity index (χ0v) is 12.6. The van der Waals surface area contributed by atoms with E-state index in [1.807, 2.05) is 18.2 Å². The predicted octanol–water partition coefficient (Wildman–Crippen LogP) is 1.72. The van der Waals surface area contributed by atoms with Gasteiger partial charge in [0, 0.05) is 18.1 Å². The molecule has 2 atom stereocenters. The van der Waals surface area contributed by atoms with E-state index in [9.17, 15) is 9.59 Å². The normalized spacial score (nSPS) is 19.0. The van der Waals surface area contributed by atoms with Gasteiger partial charge in [0.15, 0.2) is 0 Å². The van der Waals surface area contributed by atoms with Gasteiger partial charge in [0.2, 0.25) is 5.91 Å². The molecule has 1 aliphatic heterocycles. The number of halogens is 1. The highest BCUT2D eigenvalue weighted by Crippen LogP contribution is 2.18. The van der Waals surface area contributed by atoms with E-state index >= 15 is 0 Å². The smallest absolute Gasteiger partial charge is 0.328 e. The maximum absolute atomic E-state index is 12.1. The van der Waals surface area contributed by atoms with Crippen molar-refractivity contribution in [1.82, 2.24) is 5.32 Å². The molecule has 21 heavy (non-hydrogen) atoms. The van der Waals surface area contributed by atoms with Crippen LogP contribution in [0, 0.1) is 0 Å². The summed E-state index contributed by atoms with van der Waals surface area (Å²) >= 11 is 6.09. The summed E-state index contributed by atoms with van der Waals surface area (Å²) in [7, 11) is 1.29. The predicted molar refractivity (Wildman–Crippen MR) is 78.1 cm³/mol. The summed E-state index contributed by atoms with van der Waals surface area (Å²) in [5.74, 6) is -0.781. The topological polar surface area (TPSA) is 64.6 Å². The molecule has 0 saturated carbocycles. The summed E-state index contributed by atoms with van der Waals surface area (Å²) in [5.41, 5.74) is 0.780. The van der Waals surface area contributed by atoms with Gasteiger partial charge in [0.1, 0.15) is 12.1 Å². The number of benzene rings is 1. The first-order valence-corrected chi connectivity index (χ1v) is 7.23. The molecule has 0 aliphatic carbocycles. The van der Waals surface area contributed by atoms with E-state index in [4.69, 9.17) is 21.1 Å². The van der Waals surface area contributed by atoms with Crippen molar-refractivity contribution in [2.24, 2.45) is 0 Å². The highest BCUT2D eigenvalue weighted by molar-refractivity contribution is 6.31. The number of hydrogen-bond donors (Lipinski definition) is 1. The van der Waals surface area contributed by atoms with Gasteiger partial charge < -0.3 is 14.8 Å². The maximum Gasteiger partial charge on any atom is 0.328 e. The SMILES string of the molecule is COC(=O)[C@H](Cc1ccccc1Cl)NC(=O)[C@H]1CCCO1. The number of methoxy groups -OCH3 is 1. The van der Waals surface area contributed by atoms with Crippen molar-refractivity contribution < 1.29 is 19.1 Å². The third-order valence-corrected chi connectivity index (χ3v) is 3.77. The standard InChI is InChI=1S/C15H18ClNO4/c1-20-15(19)12(9-10-5-2-3-6-11(10)16)17-14(18)13-7-4-8-21-13/h2-3,5-6,12-13H,4,7-9H2,1H3,(H,17,18)/t12-,13+/m0/s1. The highest BCUT2D eigenvalue weighted by atomic mass is 35.5. The van der Waals surface area contributed by atoms with Crippen LogP contribution in [0.4, 0.5) is 0 Å². The van der Waals surface area contributed by atoms with Crippen molar-refractivity contribution in [3.63, 3.8) is 0 Å². The summed E-state index contributed by atoms with van der Waals surface area (Å²) in [5, 5.41) is 3.24. The second-order valence-corrected chi connectivity index (χ2v) is 5.29. The third-order valence-electron chi connectivity index (χ3n) is 3.41. The Morgan fingerprint density at radius 1 is 1.48 bits per heavy atom. The fraction of sp³-hybridized carbons (Fsp3) is 0.467. The van der Waals surface area contributed by atoms with E-state index in [0.29, 0.717) is 18.1 Å². The minimum Gasteiger partial charge on any atom is -0.467 e. The van der Waals surface area contributed by atoms with Gasteiger partial charge in [-0.1, -0.05) is 29.8 Å². The molecule has 1 heterocycles. The molecule has 0 radical (unpaired) electrons. The monoisotopic (exact) mass is 311 g/mol. The third kappa shape index (κ3) is 4.19. The van der Waals surface area contributed by atoms with Crippen LogP contribution < -0.4 is 5.32 Å². The molecular formula is C15H18ClNO4. The van der Waals surface area contributed by atoms with Gasteiger partial charge in [-0.15, -0.1) is 0 Å². The Kier molecular flexibility index (Phi) is 5.59. The number of carbonyl (C=O) groups excluding carboxylic acids is 2. The quantitative estimate of drug-likeness (QED) is 0.841. The van der Waals surface area contributed by atoms with Gasteiger partial charge in [0.05, 0.1) is 7.11 Å². The van der Waals surface area contributed by atoms with Crippen molar-refractivity contribution in [2.45, 2.75) is 31.4 Å². The average molecular weight is 312 g/mol. The molecule has 2 rings (SSSR count). The van der Waals surface area contributed by atoms with Crippen LogP contribution in [0.5, 0.6) is 0 Å². The zero-order chi connectivity index (χ0) is 15.2. The average Bonchev–Trinajstić information content (AvgIpc) is 3.02. The zero-order valence-electron chi connectivity index (χ0n) is 11.8. The molecule has 1 fully saturated rings. The van der Waals surface area contributed by atoms with E-state index in [2.05, 4.69) is 5.32 Å². The number of hydrogen-bond acceptors (Lipinski definition) is 4. The van der Waals surface area contributed by atoms with Crippen molar-refractivity contribution >= 4 is 23.5 Å². The Labute approximate surface area is 128 Å². The van der Waals surface area contributed by atoms with Crippen LogP contribution in [0.1, 0.15) is 18.4 Å². The van der Waals surface area contributed by atoms with Gasteiger partial charge in [-0.25, -0.2) is 4.79 Å². The highest BCUT2D eigenvalue weighted by Gasteiger charge is 2.29. The lowest BCUT2D eigenvalue weighted by atomic mass is 10.1. The molecule has 1 N–H and O–H groups in total. The molecule has 1 saturated heterocycles. The van der Waals surface area contributed by atoms with Gasteiger partial charge in [-0.3, -0.25) is 4.79 Å². The largest absolute Gasteiger partial charge is 0.467 e. The van der Waals surface area contributed by atoms with Crippen LogP contribution in [-0.4, -0.2) is 37.7 Å². The van der Waals surface area contributed by atoms with Gasteiger partial charge in [-0.2, -0.15) is 0 Å². The fourth-order valence-electron chi connectivity index (χ4n) is 2.27. The van der Waals surface area contributed by atoms with Crippen LogP contribution in [0.25, 0.3) is 0 Å². The molecule has 0 aromatic heterocycles. The summed E-state index contributed by atoms with van der Waals surface area (Å²) in [6, 6.07) is 6.43. The van der Waals surface area contributed by atoms with Crippen LogP contribution in [0.15, 0.2) is 24.3 Å². The van der Waals surface area contributed by atoms with E-state index in [-0.39, 0.29) is 12.3 Å². The molecule has 5 nitrogen and oxygen atoms in total. The Bertz CT molecular complexity index is 514. The maximum atomic E-state index is 12.1. The number of rotatable bonds is 5. The molecule has 0 spiro atoms. The van der Waals surface area contributed by atoms with Crippen LogP contribution in [0.2, 0.25) is 5.02 Å². The Hall–Kier alpha value is -1.59. The molecule has 1 aliphatic rings. The number of amides is 1. The molecule has 1 aromatic carbocycles. The Morgan fingerprint density at radius 2 is 2.24 bits per heavy atom. The fourth-order valence-corrected chi connectivity index (χ4v) is 2.48. The number of esters is 1.